The highest BCUT2D eigenvalue weighted by atomic mass is 16.3. The molecule has 1 aromatic carbocycles. The van der Waals surface area contributed by atoms with Gasteiger partial charge in [0.25, 0.3) is 0 Å². The Kier molecular flexibility index (Phi) is 1.97. The van der Waals surface area contributed by atoms with Crippen molar-refractivity contribution in [2.75, 3.05) is 0 Å². The Hall–Kier alpha value is -2.19. The SMILES string of the molecule is C=C(N=[N+]=[N-])c1cc2ccccc2o1. The van der Waals surface area contributed by atoms with Crippen molar-refractivity contribution in [2.45, 2.75) is 0 Å². The molecule has 0 saturated carbocycles. The minimum absolute atomic E-state index is 0.295. The molecule has 0 amide bonds. The minimum Gasteiger partial charge on any atom is -0.456 e. The molecule has 1 heterocycles. The maximum Gasteiger partial charge on any atom is 0.137 e. The molecule has 0 atom stereocenters. The van der Waals surface area contributed by atoms with Crippen LogP contribution in [0, 0.1) is 0 Å². The standard InChI is InChI=1S/C10H7N3O/c1-7(12-13-11)10-6-8-4-2-3-5-9(8)14-10/h2-6H,1H2. The lowest BCUT2D eigenvalue weighted by molar-refractivity contribution is 0.598. The molecular weight excluding hydrogens is 178 g/mol. The van der Waals surface area contributed by atoms with Crippen LogP contribution in [-0.4, -0.2) is 0 Å². The van der Waals surface area contributed by atoms with Gasteiger partial charge in [-0.1, -0.05) is 29.9 Å². The van der Waals surface area contributed by atoms with Crippen LogP contribution in [0.3, 0.4) is 0 Å². The van der Waals surface area contributed by atoms with Crippen LogP contribution in [0.1, 0.15) is 5.76 Å². The summed E-state index contributed by atoms with van der Waals surface area (Å²) in [7, 11) is 0. The Bertz CT molecular complexity index is 502. The summed E-state index contributed by atoms with van der Waals surface area (Å²) in [5.74, 6) is 0.504. The van der Waals surface area contributed by atoms with E-state index in [1.807, 2.05) is 24.3 Å². The normalized spacial score (nSPS) is 9.71. The highest BCUT2D eigenvalue weighted by Gasteiger charge is 2.04. The van der Waals surface area contributed by atoms with Crippen LogP contribution in [-0.2, 0) is 0 Å². The molecule has 0 radical (unpaired) electrons. The summed E-state index contributed by atoms with van der Waals surface area (Å²) in [4.78, 5) is 2.65. The first-order chi connectivity index (χ1) is 6.81. The summed E-state index contributed by atoms with van der Waals surface area (Å²) < 4.78 is 5.42. The van der Waals surface area contributed by atoms with Crippen molar-refractivity contribution in [1.29, 1.82) is 0 Å². The molecule has 1 aromatic heterocycles. The van der Waals surface area contributed by atoms with Gasteiger partial charge in [0.15, 0.2) is 0 Å². The summed E-state index contributed by atoms with van der Waals surface area (Å²) >= 11 is 0. The molecule has 0 N–H and O–H groups in total. The first kappa shape index (κ1) is 8.41. The zero-order valence-corrected chi connectivity index (χ0v) is 7.34. The topological polar surface area (TPSA) is 61.9 Å². The highest BCUT2D eigenvalue weighted by molar-refractivity contribution is 5.81. The predicted molar refractivity (Wildman–Crippen MR) is 54.4 cm³/mol. The molecule has 2 aromatic rings. The fraction of sp³-hybridized carbons (Fsp3) is 0. The summed E-state index contributed by atoms with van der Waals surface area (Å²) in [5, 5.41) is 4.35. The van der Waals surface area contributed by atoms with Crippen LogP contribution in [0.2, 0.25) is 0 Å². The van der Waals surface area contributed by atoms with Crippen LogP contribution < -0.4 is 0 Å². The average Bonchev–Trinajstić information content (AvgIpc) is 2.61. The van der Waals surface area contributed by atoms with Gasteiger partial charge in [-0.25, -0.2) is 0 Å². The van der Waals surface area contributed by atoms with Crippen LogP contribution >= 0.6 is 0 Å². The van der Waals surface area contributed by atoms with Gasteiger partial charge in [0.05, 0.1) is 5.70 Å². The van der Waals surface area contributed by atoms with Crippen molar-refractivity contribution in [1.82, 2.24) is 0 Å². The first-order valence-electron chi connectivity index (χ1n) is 4.04. The number of nitrogens with zero attached hydrogens (tertiary/aromatic N) is 3. The summed E-state index contributed by atoms with van der Waals surface area (Å²) in [6.07, 6.45) is 0. The van der Waals surface area contributed by atoms with Gasteiger partial charge in [-0.05, 0) is 17.7 Å². The third-order valence-corrected chi connectivity index (χ3v) is 1.88. The predicted octanol–water partition coefficient (Wildman–Crippen LogP) is 3.71. The second kappa shape index (κ2) is 3.28. The number of fused-ring (bicyclic) bond motifs is 1. The zero-order valence-electron chi connectivity index (χ0n) is 7.34. The summed E-state index contributed by atoms with van der Waals surface area (Å²) in [6, 6.07) is 9.37. The molecule has 4 nitrogen and oxygen atoms in total. The van der Waals surface area contributed by atoms with Gasteiger partial charge in [-0.2, -0.15) is 0 Å². The molecule has 0 saturated heterocycles. The van der Waals surface area contributed by atoms with Crippen LogP contribution in [0.25, 0.3) is 27.1 Å². The first-order valence-corrected chi connectivity index (χ1v) is 4.04. The molecule has 68 valence electrons. The van der Waals surface area contributed by atoms with Gasteiger partial charge < -0.3 is 4.42 Å². The Morgan fingerprint density at radius 2 is 2.21 bits per heavy atom. The van der Waals surface area contributed by atoms with Crippen molar-refractivity contribution in [3.63, 3.8) is 0 Å². The van der Waals surface area contributed by atoms with Crippen molar-refractivity contribution >= 4 is 16.7 Å². The van der Waals surface area contributed by atoms with Crippen molar-refractivity contribution < 1.29 is 4.42 Å². The summed E-state index contributed by atoms with van der Waals surface area (Å²) in [5.41, 5.74) is 9.28. The molecule has 0 aliphatic carbocycles. The monoisotopic (exact) mass is 185 g/mol. The lowest BCUT2D eigenvalue weighted by Gasteiger charge is -1.88. The van der Waals surface area contributed by atoms with E-state index in [4.69, 9.17) is 9.95 Å². The molecule has 0 spiro atoms. The van der Waals surface area contributed by atoms with E-state index >= 15 is 0 Å². The Morgan fingerprint density at radius 1 is 1.43 bits per heavy atom. The molecule has 14 heavy (non-hydrogen) atoms. The highest BCUT2D eigenvalue weighted by Crippen LogP contribution is 2.23. The van der Waals surface area contributed by atoms with E-state index in [1.165, 1.54) is 0 Å². The number of azide groups is 1. The quantitative estimate of drug-likeness (QED) is 0.399. The number of rotatable bonds is 2. The second-order valence-electron chi connectivity index (χ2n) is 2.78. The Labute approximate surface area is 80.1 Å². The fourth-order valence-electron chi connectivity index (χ4n) is 1.23. The largest absolute Gasteiger partial charge is 0.456 e. The molecule has 0 aliphatic rings. The third-order valence-electron chi connectivity index (χ3n) is 1.88. The van der Waals surface area contributed by atoms with Crippen molar-refractivity contribution in [2.24, 2.45) is 5.11 Å². The van der Waals surface area contributed by atoms with E-state index in [1.54, 1.807) is 6.07 Å². The van der Waals surface area contributed by atoms with Crippen molar-refractivity contribution in [3.05, 3.63) is 53.1 Å². The number of hydrogen-bond donors (Lipinski definition) is 0. The average molecular weight is 185 g/mol. The molecule has 2 rings (SSSR count). The van der Waals surface area contributed by atoms with E-state index in [-0.39, 0.29) is 0 Å². The Morgan fingerprint density at radius 3 is 2.93 bits per heavy atom. The van der Waals surface area contributed by atoms with Gasteiger partial charge in [-0.15, -0.1) is 0 Å². The molecule has 0 unspecified atom stereocenters. The minimum atomic E-state index is 0.295. The van der Waals surface area contributed by atoms with Gasteiger partial charge in [0.1, 0.15) is 11.3 Å². The van der Waals surface area contributed by atoms with Crippen LogP contribution in [0.4, 0.5) is 0 Å². The molecule has 0 bridgehead atoms. The van der Waals surface area contributed by atoms with E-state index in [9.17, 15) is 0 Å². The second-order valence-corrected chi connectivity index (χ2v) is 2.78. The van der Waals surface area contributed by atoms with Gasteiger partial charge in [-0.3, -0.25) is 0 Å². The van der Waals surface area contributed by atoms with Crippen LogP contribution in [0.15, 0.2) is 46.4 Å². The maximum absolute atomic E-state index is 8.23. The number of hydrogen-bond acceptors (Lipinski definition) is 2. The van der Waals surface area contributed by atoms with E-state index in [2.05, 4.69) is 16.6 Å². The van der Waals surface area contributed by atoms with Gasteiger partial charge in [0, 0.05) is 10.3 Å². The van der Waals surface area contributed by atoms with Gasteiger partial charge >= 0.3 is 0 Å². The number of para-hydroxylation sites is 1. The van der Waals surface area contributed by atoms with E-state index in [0.717, 1.165) is 11.0 Å². The summed E-state index contributed by atoms with van der Waals surface area (Å²) in [6.45, 7) is 3.60. The fourth-order valence-corrected chi connectivity index (χ4v) is 1.23. The van der Waals surface area contributed by atoms with E-state index in [0.29, 0.717) is 11.5 Å². The lowest BCUT2D eigenvalue weighted by Crippen LogP contribution is -1.68. The number of furan rings is 1. The molecular formula is C10H7N3O. The van der Waals surface area contributed by atoms with Crippen LogP contribution in [0.5, 0.6) is 0 Å². The van der Waals surface area contributed by atoms with E-state index < -0.39 is 0 Å². The lowest BCUT2D eigenvalue weighted by atomic mass is 10.2. The molecule has 0 aliphatic heterocycles. The maximum atomic E-state index is 8.23. The molecule has 0 fully saturated rings. The number of benzene rings is 1. The smallest absolute Gasteiger partial charge is 0.137 e. The third kappa shape index (κ3) is 1.34. The van der Waals surface area contributed by atoms with Crippen molar-refractivity contribution in [3.8, 4) is 0 Å². The van der Waals surface area contributed by atoms with Gasteiger partial charge in [0.2, 0.25) is 0 Å². The zero-order chi connectivity index (χ0) is 9.97. The molecule has 4 heteroatoms. The Balaban J connectivity index is 2.55.